The van der Waals surface area contributed by atoms with E-state index in [9.17, 15) is 13.2 Å². The molecule has 1 amide bonds. The number of amides is 1. The molecule has 0 bridgehead atoms. The lowest BCUT2D eigenvalue weighted by Crippen LogP contribution is -2.27. The van der Waals surface area contributed by atoms with Crippen molar-refractivity contribution in [2.24, 2.45) is 0 Å². The molecule has 0 aliphatic carbocycles. The lowest BCUT2D eigenvalue weighted by molar-refractivity contribution is -0.116. The Hall–Kier alpha value is -3.41. The van der Waals surface area contributed by atoms with Crippen molar-refractivity contribution in [2.75, 3.05) is 13.1 Å². The van der Waals surface area contributed by atoms with Crippen LogP contribution in [0, 0.1) is 11.3 Å². The molecule has 1 aromatic heterocycles. The number of carbonyl (C=O) groups is 1. The predicted octanol–water partition coefficient (Wildman–Crippen LogP) is 3.67. The van der Waals surface area contributed by atoms with Crippen molar-refractivity contribution < 1.29 is 13.2 Å². The van der Waals surface area contributed by atoms with Crippen LogP contribution < -0.4 is 5.32 Å². The largest absolute Gasteiger partial charge is 0.348 e. The second kappa shape index (κ2) is 10.0. The lowest BCUT2D eigenvalue weighted by atomic mass is 10.1. The van der Waals surface area contributed by atoms with Crippen LogP contribution >= 0.6 is 0 Å². The van der Waals surface area contributed by atoms with Gasteiger partial charge >= 0.3 is 0 Å². The van der Waals surface area contributed by atoms with Gasteiger partial charge in [-0.2, -0.15) is 9.57 Å². The first kappa shape index (κ1) is 22.8. The number of nitrogens with zero attached hydrogens (tertiary/aromatic N) is 3. The van der Waals surface area contributed by atoms with Crippen LogP contribution in [-0.4, -0.2) is 36.3 Å². The predicted molar refractivity (Wildman–Crippen MR) is 127 cm³/mol. The minimum absolute atomic E-state index is 0.238. The molecule has 1 fully saturated rings. The molecule has 0 saturated carbocycles. The number of nitrogens with one attached hydrogen (secondary N) is 1. The van der Waals surface area contributed by atoms with E-state index in [2.05, 4.69) is 11.4 Å². The molecule has 1 aliphatic rings. The van der Waals surface area contributed by atoms with Crippen LogP contribution in [0.15, 0.2) is 65.7 Å². The molecule has 1 N–H and O–H groups in total. The van der Waals surface area contributed by atoms with E-state index < -0.39 is 10.0 Å². The molecule has 0 unspecified atom stereocenters. The van der Waals surface area contributed by atoms with Crippen molar-refractivity contribution in [2.45, 2.75) is 37.2 Å². The zero-order valence-corrected chi connectivity index (χ0v) is 19.1. The summed E-state index contributed by atoms with van der Waals surface area (Å²) < 4.78 is 28.8. The van der Waals surface area contributed by atoms with Gasteiger partial charge in [-0.05, 0) is 42.7 Å². The number of rotatable bonds is 8. The molecule has 0 radical (unpaired) electrons. The summed E-state index contributed by atoms with van der Waals surface area (Å²) in [5.74, 6) is -0.238. The second-order valence-electron chi connectivity index (χ2n) is 8.01. The highest BCUT2D eigenvalue weighted by atomic mass is 32.2. The Morgan fingerprint density at radius 3 is 2.55 bits per heavy atom. The topological polar surface area (TPSA) is 95.2 Å². The molecule has 1 saturated heterocycles. The van der Waals surface area contributed by atoms with Gasteiger partial charge < -0.3 is 9.88 Å². The van der Waals surface area contributed by atoms with Gasteiger partial charge in [-0.25, -0.2) is 8.42 Å². The minimum atomic E-state index is -3.43. The smallest absolute Gasteiger partial charge is 0.244 e. The summed E-state index contributed by atoms with van der Waals surface area (Å²) in [5, 5.41) is 12.7. The van der Waals surface area contributed by atoms with Crippen LogP contribution in [0.1, 0.15) is 30.4 Å². The number of fused-ring (bicyclic) bond motifs is 1. The Morgan fingerprint density at radius 2 is 1.82 bits per heavy atom. The summed E-state index contributed by atoms with van der Waals surface area (Å²) in [7, 11) is -3.43. The highest BCUT2D eigenvalue weighted by Crippen LogP contribution is 2.23. The molecule has 2 aromatic carbocycles. The number of carbonyl (C=O) groups excluding carboxylic acids is 1. The molecule has 33 heavy (non-hydrogen) atoms. The van der Waals surface area contributed by atoms with E-state index in [0.717, 1.165) is 34.9 Å². The summed E-state index contributed by atoms with van der Waals surface area (Å²) in [5.41, 5.74) is 2.76. The van der Waals surface area contributed by atoms with Crippen LogP contribution in [0.2, 0.25) is 0 Å². The van der Waals surface area contributed by atoms with E-state index in [-0.39, 0.29) is 10.8 Å². The Kier molecular flexibility index (Phi) is 6.92. The Bertz CT molecular complexity index is 1310. The average molecular weight is 463 g/mol. The van der Waals surface area contributed by atoms with Crippen molar-refractivity contribution >= 4 is 32.9 Å². The lowest BCUT2D eigenvalue weighted by Gasteiger charge is -2.15. The van der Waals surface area contributed by atoms with Crippen LogP contribution in [-0.2, 0) is 27.9 Å². The zero-order valence-electron chi connectivity index (χ0n) is 18.3. The third kappa shape index (κ3) is 5.16. The van der Waals surface area contributed by atoms with Crippen LogP contribution in [0.3, 0.4) is 0 Å². The molecule has 8 heteroatoms. The van der Waals surface area contributed by atoms with Gasteiger partial charge in [0.25, 0.3) is 0 Å². The van der Waals surface area contributed by atoms with E-state index in [1.54, 1.807) is 30.3 Å². The van der Waals surface area contributed by atoms with Gasteiger partial charge in [0, 0.05) is 54.9 Å². The Morgan fingerprint density at radius 1 is 1.09 bits per heavy atom. The SMILES string of the molecule is N#CCCn1cc(C=CC(=O)NCc2ccc(S(=O)(=O)N3CCCC3)cc2)c2ccccc21. The van der Waals surface area contributed by atoms with Gasteiger partial charge in [0.05, 0.1) is 17.4 Å². The number of para-hydroxylation sites is 1. The maximum atomic E-state index is 12.6. The quantitative estimate of drug-likeness (QED) is 0.517. The number of benzene rings is 2. The van der Waals surface area contributed by atoms with Crippen LogP contribution in [0.4, 0.5) is 0 Å². The van der Waals surface area contributed by atoms with Gasteiger partial charge in [0.1, 0.15) is 0 Å². The normalized spacial score (nSPS) is 14.6. The average Bonchev–Trinajstić information content (AvgIpc) is 3.50. The number of aryl methyl sites for hydroxylation is 1. The fraction of sp³-hybridized carbons (Fsp3) is 0.280. The molecule has 1 aliphatic heterocycles. The summed E-state index contributed by atoms with van der Waals surface area (Å²) >= 11 is 0. The molecular weight excluding hydrogens is 436 g/mol. The van der Waals surface area contributed by atoms with E-state index in [4.69, 9.17) is 5.26 Å². The number of nitriles is 1. The van der Waals surface area contributed by atoms with E-state index in [0.29, 0.717) is 32.6 Å². The van der Waals surface area contributed by atoms with Gasteiger partial charge in [-0.15, -0.1) is 0 Å². The molecular formula is C25H26N4O3S. The maximum Gasteiger partial charge on any atom is 0.244 e. The Labute approximate surface area is 194 Å². The van der Waals surface area contributed by atoms with Crippen molar-refractivity contribution in [1.29, 1.82) is 5.26 Å². The maximum absolute atomic E-state index is 12.6. The third-order valence-corrected chi connectivity index (χ3v) is 7.70. The number of hydrogen-bond donors (Lipinski definition) is 1. The van der Waals surface area contributed by atoms with Crippen molar-refractivity contribution in [3.05, 3.63) is 71.9 Å². The highest BCUT2D eigenvalue weighted by Gasteiger charge is 2.26. The fourth-order valence-electron chi connectivity index (χ4n) is 4.03. The minimum Gasteiger partial charge on any atom is -0.348 e. The summed E-state index contributed by atoms with van der Waals surface area (Å²) in [6.07, 6.45) is 7.43. The van der Waals surface area contributed by atoms with Gasteiger partial charge in [0.2, 0.25) is 15.9 Å². The molecule has 4 rings (SSSR count). The van der Waals surface area contributed by atoms with E-state index in [1.807, 2.05) is 35.0 Å². The van der Waals surface area contributed by atoms with Crippen molar-refractivity contribution in [3.63, 3.8) is 0 Å². The Balaban J connectivity index is 1.38. The van der Waals surface area contributed by atoms with Crippen molar-refractivity contribution in [1.82, 2.24) is 14.2 Å². The highest BCUT2D eigenvalue weighted by molar-refractivity contribution is 7.89. The molecule has 0 atom stereocenters. The van der Waals surface area contributed by atoms with Gasteiger partial charge in [0.15, 0.2) is 0 Å². The molecule has 7 nitrogen and oxygen atoms in total. The first-order valence-corrected chi connectivity index (χ1v) is 12.4. The number of aromatic nitrogens is 1. The number of sulfonamides is 1. The standard InChI is InChI=1S/C25H26N4O3S/c26-14-5-15-28-19-21(23-6-1-2-7-24(23)28)10-13-25(30)27-18-20-8-11-22(12-9-20)33(31,32)29-16-3-4-17-29/h1-2,6-13,19H,3-5,15-18H2,(H,27,30). The molecule has 2 heterocycles. The van der Waals surface area contributed by atoms with Gasteiger partial charge in [-0.3, -0.25) is 4.79 Å². The van der Waals surface area contributed by atoms with E-state index >= 15 is 0 Å². The van der Waals surface area contributed by atoms with Gasteiger partial charge in [-0.1, -0.05) is 30.3 Å². The first-order valence-electron chi connectivity index (χ1n) is 11.0. The second-order valence-corrected chi connectivity index (χ2v) is 9.95. The van der Waals surface area contributed by atoms with Crippen LogP contribution in [0.25, 0.3) is 17.0 Å². The van der Waals surface area contributed by atoms with Crippen LogP contribution in [0.5, 0.6) is 0 Å². The van der Waals surface area contributed by atoms with E-state index in [1.165, 1.54) is 10.4 Å². The summed E-state index contributed by atoms with van der Waals surface area (Å²) in [6.45, 7) is 2.05. The first-order chi connectivity index (χ1) is 16.0. The summed E-state index contributed by atoms with van der Waals surface area (Å²) in [4.78, 5) is 12.6. The monoisotopic (exact) mass is 462 g/mol. The zero-order chi connectivity index (χ0) is 23.3. The molecule has 0 spiro atoms. The molecule has 170 valence electrons. The summed E-state index contributed by atoms with van der Waals surface area (Å²) in [6, 6.07) is 16.7. The fourth-order valence-corrected chi connectivity index (χ4v) is 5.55. The third-order valence-electron chi connectivity index (χ3n) is 5.79. The van der Waals surface area contributed by atoms with Crippen molar-refractivity contribution in [3.8, 4) is 6.07 Å². The number of hydrogen-bond acceptors (Lipinski definition) is 4. The molecule has 3 aromatic rings.